The molecule has 1 fully saturated rings. The number of ether oxygens (including phenoxy) is 8. The Labute approximate surface area is 403 Å². The number of alkyl halides is 1. The Morgan fingerprint density at radius 2 is 1.71 bits per heavy atom. The van der Waals surface area contributed by atoms with Gasteiger partial charge in [-0.05, 0) is 112 Å². The van der Waals surface area contributed by atoms with E-state index < -0.39 is 41.5 Å². The zero-order valence-electron chi connectivity index (χ0n) is 39.5. The van der Waals surface area contributed by atoms with Crippen LogP contribution in [0.15, 0.2) is 84.1 Å². The number of nitrogens with one attached hydrogen (secondary N) is 1. The maximum atomic E-state index is 14.7. The molecular weight excluding hydrogens is 898 g/mol. The van der Waals surface area contributed by atoms with E-state index >= 15 is 0 Å². The third-order valence-electron chi connectivity index (χ3n) is 12.6. The first kappa shape index (κ1) is 50.2. The van der Waals surface area contributed by atoms with Crippen LogP contribution in [0.4, 0.5) is 15.3 Å². The third-order valence-corrected chi connectivity index (χ3v) is 12.8. The lowest BCUT2D eigenvalue weighted by molar-refractivity contribution is -0.256. The number of carbonyl (C=O) groups excluding carboxylic acids is 2. The fraction of sp³-hybridized carbons (Fsp3) is 0.510. The second kappa shape index (κ2) is 22.6. The molecule has 6 unspecified atom stereocenters. The number of hydrogen-bond acceptors (Lipinski definition) is 14. The molecule has 0 radical (unpaired) electrons. The van der Waals surface area contributed by atoms with Crippen LogP contribution in [-0.4, -0.2) is 104 Å². The molecule has 2 amide bonds. The van der Waals surface area contributed by atoms with Gasteiger partial charge in [0.2, 0.25) is 12.6 Å². The van der Waals surface area contributed by atoms with E-state index in [1.54, 1.807) is 48.4 Å². The summed E-state index contributed by atoms with van der Waals surface area (Å²) in [7, 11) is 3.04. The topological polar surface area (TPSA) is 185 Å². The van der Waals surface area contributed by atoms with Crippen LogP contribution in [-0.2, 0) is 20.9 Å². The Balaban J connectivity index is 1.42. The number of rotatable bonds is 21. The zero-order chi connectivity index (χ0) is 48.4. The number of aliphatic hydroxyl groups is 2. The minimum absolute atomic E-state index is 0.0253. The van der Waals surface area contributed by atoms with Crippen molar-refractivity contribution in [1.82, 2.24) is 4.90 Å². The lowest BCUT2D eigenvalue weighted by Crippen LogP contribution is -2.70. The first-order chi connectivity index (χ1) is 32.9. The predicted molar refractivity (Wildman–Crippen MR) is 255 cm³/mol. The van der Waals surface area contributed by atoms with Crippen molar-refractivity contribution in [1.29, 1.82) is 0 Å². The number of fused-ring (bicyclic) bond motifs is 3. The van der Waals surface area contributed by atoms with Crippen LogP contribution in [0, 0.1) is 17.8 Å². The maximum absolute atomic E-state index is 14.7. The Morgan fingerprint density at radius 1 is 0.956 bits per heavy atom. The summed E-state index contributed by atoms with van der Waals surface area (Å²) >= 11 is 6.13. The zero-order valence-corrected chi connectivity index (χ0v) is 40.3. The maximum Gasteiger partial charge on any atom is 0.417 e. The van der Waals surface area contributed by atoms with Gasteiger partial charge in [0.1, 0.15) is 41.2 Å². The first-order valence-electron chi connectivity index (χ1n) is 23.2. The molecule has 68 heavy (non-hydrogen) atoms. The molecular formula is C51H64ClN3O13. The van der Waals surface area contributed by atoms with Gasteiger partial charge in [0.15, 0.2) is 11.5 Å². The SMILES string of the molecule is C=CCOC12Oc3ccc(OC(=O)Nc4ccc(OC)cc4OC)cc3C3C(CCCCO)C(CCCCO)C=C(C(=NOC(C)(C)C)CC1N(Cc1ccc4c(c1)OCO4)C(=O)OCCCl)C32. The molecule has 0 bridgehead atoms. The van der Waals surface area contributed by atoms with Gasteiger partial charge >= 0.3 is 12.2 Å². The minimum Gasteiger partial charge on any atom is -0.497 e. The largest absolute Gasteiger partial charge is 0.497 e. The normalized spacial score (nSPS) is 22.7. The Hall–Kier alpha value is -5.68. The highest BCUT2D eigenvalue weighted by molar-refractivity contribution is 6.18. The summed E-state index contributed by atoms with van der Waals surface area (Å²) in [5.41, 5.74) is 2.64. The van der Waals surface area contributed by atoms with E-state index in [2.05, 4.69) is 18.0 Å². The number of nitrogens with zero attached hydrogens (tertiary/aromatic N) is 2. The molecule has 2 aliphatic carbocycles. The van der Waals surface area contributed by atoms with E-state index in [1.807, 2.05) is 45.0 Å². The van der Waals surface area contributed by atoms with Crippen LogP contribution >= 0.6 is 11.6 Å². The number of methoxy groups -OCH3 is 2. The number of halogens is 1. The fourth-order valence-corrected chi connectivity index (χ4v) is 9.87. The van der Waals surface area contributed by atoms with Crippen LogP contribution in [0.1, 0.15) is 82.8 Å². The van der Waals surface area contributed by atoms with Crippen LogP contribution in [0.3, 0.4) is 0 Å². The highest BCUT2D eigenvalue weighted by Crippen LogP contribution is 2.62. The van der Waals surface area contributed by atoms with Gasteiger partial charge in [-0.1, -0.05) is 36.2 Å². The van der Waals surface area contributed by atoms with Gasteiger partial charge in [0.05, 0.1) is 44.0 Å². The fourth-order valence-electron chi connectivity index (χ4n) is 9.79. The first-order valence-corrected chi connectivity index (χ1v) is 23.8. The van der Waals surface area contributed by atoms with Gasteiger partial charge in [0, 0.05) is 43.7 Å². The summed E-state index contributed by atoms with van der Waals surface area (Å²) in [5.74, 6) is 0.113. The lowest BCUT2D eigenvalue weighted by Gasteiger charge is -2.60. The Kier molecular flexibility index (Phi) is 16.7. The lowest BCUT2D eigenvalue weighted by atomic mass is 9.55. The molecule has 4 aliphatic rings. The van der Waals surface area contributed by atoms with Crippen molar-refractivity contribution in [2.45, 2.75) is 95.6 Å². The van der Waals surface area contributed by atoms with Crippen LogP contribution in [0.5, 0.6) is 34.5 Å². The molecule has 3 aromatic rings. The molecule has 3 N–H and O–H groups in total. The minimum atomic E-state index is -1.59. The number of allylic oxidation sites excluding steroid dienone is 1. The molecule has 16 nitrogen and oxygen atoms in total. The summed E-state index contributed by atoms with van der Waals surface area (Å²) in [6.07, 6.45) is 6.74. The van der Waals surface area contributed by atoms with Crippen molar-refractivity contribution in [3.63, 3.8) is 0 Å². The van der Waals surface area contributed by atoms with Crippen molar-refractivity contribution in [3.05, 3.63) is 90.0 Å². The molecule has 1 saturated carbocycles. The molecule has 2 aliphatic heterocycles. The number of amides is 2. The van der Waals surface area contributed by atoms with Crippen LogP contribution in [0.25, 0.3) is 0 Å². The van der Waals surface area contributed by atoms with Crippen LogP contribution < -0.4 is 33.7 Å². The highest BCUT2D eigenvalue weighted by Gasteiger charge is 2.66. The van der Waals surface area contributed by atoms with Gasteiger partial charge in [-0.15, -0.1) is 18.2 Å². The van der Waals surface area contributed by atoms with Gasteiger partial charge in [0.25, 0.3) is 0 Å². The number of aliphatic hydroxyl groups excluding tert-OH is 2. The van der Waals surface area contributed by atoms with E-state index in [-0.39, 0.29) is 69.7 Å². The van der Waals surface area contributed by atoms with E-state index in [1.165, 1.54) is 7.11 Å². The molecule has 2 heterocycles. The van der Waals surface area contributed by atoms with E-state index in [0.29, 0.717) is 65.8 Å². The van der Waals surface area contributed by atoms with Gasteiger partial charge in [-0.3, -0.25) is 10.2 Å². The van der Waals surface area contributed by atoms with E-state index in [4.69, 9.17) is 59.5 Å². The average molecular weight is 963 g/mol. The molecule has 3 aromatic carbocycles. The standard InChI is InChI=1S/C51H64ClN3O13/c1-7-23-65-51-45(55(49(59)62-24-20-52)30-32-14-18-42-44(25-32)64-31-63-42)29-40(54-68-50(2,3)4)37-26-33(12-8-10-21-56)36(13-9-11-22-57)46(47(37)51)38-27-35(16-19-41(38)67-51)66-48(58)53-39-17-15-34(60-5)28-43(39)61-6/h7,14-19,25-28,33,36,45-47,56-57H,1,8-13,20-24,29-31H2,2-6H3,(H,53,58). The van der Waals surface area contributed by atoms with Crippen molar-refractivity contribution in [2.75, 3.05) is 58.6 Å². The number of unbranched alkanes of at least 4 members (excludes halogenated alkanes) is 2. The van der Waals surface area contributed by atoms with Crippen molar-refractivity contribution < 1.29 is 62.5 Å². The summed E-state index contributed by atoms with van der Waals surface area (Å²) < 4.78 is 48.5. The van der Waals surface area contributed by atoms with Gasteiger partial charge in [-0.25, -0.2) is 9.59 Å². The molecule has 0 aromatic heterocycles. The summed E-state index contributed by atoms with van der Waals surface area (Å²) in [5, 5.41) is 27.7. The quantitative estimate of drug-likeness (QED) is 0.0397. The predicted octanol–water partition coefficient (Wildman–Crippen LogP) is 9.35. The molecule has 17 heteroatoms. The average Bonchev–Trinajstić information content (AvgIpc) is 3.80. The second-order valence-corrected chi connectivity index (χ2v) is 18.6. The molecule has 6 atom stereocenters. The molecule has 0 spiro atoms. The number of benzene rings is 3. The Morgan fingerprint density at radius 3 is 2.43 bits per heavy atom. The monoisotopic (exact) mass is 961 g/mol. The van der Waals surface area contributed by atoms with Crippen molar-refractivity contribution in [3.8, 4) is 34.5 Å². The Bertz CT molecular complexity index is 2320. The number of carbonyl (C=O) groups is 2. The van der Waals surface area contributed by atoms with Crippen molar-refractivity contribution in [2.24, 2.45) is 22.9 Å². The molecule has 0 saturated heterocycles. The third kappa shape index (κ3) is 11.3. The summed E-state index contributed by atoms with van der Waals surface area (Å²) in [4.78, 5) is 36.2. The van der Waals surface area contributed by atoms with Crippen molar-refractivity contribution >= 4 is 35.2 Å². The summed E-state index contributed by atoms with van der Waals surface area (Å²) in [6.45, 7) is 9.98. The van der Waals surface area contributed by atoms with Crippen LogP contribution in [0.2, 0.25) is 0 Å². The molecule has 7 rings (SSSR count). The van der Waals surface area contributed by atoms with Gasteiger partial charge in [-0.2, -0.15) is 0 Å². The number of hydrogen-bond donors (Lipinski definition) is 3. The smallest absolute Gasteiger partial charge is 0.417 e. The van der Waals surface area contributed by atoms with Gasteiger partial charge < -0.3 is 52.9 Å². The number of oxime groups is 1. The second-order valence-electron chi connectivity index (χ2n) is 18.2. The summed E-state index contributed by atoms with van der Waals surface area (Å²) in [6, 6.07) is 14.9. The molecule has 368 valence electrons. The van der Waals surface area contributed by atoms with E-state index in [0.717, 1.165) is 29.5 Å². The van der Waals surface area contributed by atoms with E-state index in [9.17, 15) is 19.8 Å². The highest BCUT2D eigenvalue weighted by atomic mass is 35.5. The number of anilines is 1.